The third-order valence-corrected chi connectivity index (χ3v) is 4.23. The van der Waals surface area contributed by atoms with Crippen molar-refractivity contribution in [3.8, 4) is 0 Å². The molecule has 7 nitrogen and oxygen atoms in total. The van der Waals surface area contributed by atoms with E-state index >= 15 is 0 Å². The number of nitrogens with two attached hydrogens (primary N) is 1. The molecule has 1 aromatic heterocycles. The van der Waals surface area contributed by atoms with E-state index in [-0.39, 0.29) is 17.0 Å². The quantitative estimate of drug-likeness (QED) is 0.853. The van der Waals surface area contributed by atoms with E-state index in [0.29, 0.717) is 0 Å². The summed E-state index contributed by atoms with van der Waals surface area (Å²) in [6, 6.07) is 6.52. The highest BCUT2D eigenvalue weighted by Gasteiger charge is 2.16. The summed E-state index contributed by atoms with van der Waals surface area (Å²) in [5.41, 5.74) is 0.843. The van der Waals surface area contributed by atoms with Crippen molar-refractivity contribution >= 4 is 10.0 Å². The predicted molar refractivity (Wildman–Crippen MR) is 78.8 cm³/mol. The molecule has 0 aliphatic carbocycles. The number of rotatable bonds is 5. The number of aromatic nitrogens is 3. The van der Waals surface area contributed by atoms with Gasteiger partial charge in [0.05, 0.1) is 10.9 Å². The van der Waals surface area contributed by atoms with Crippen LogP contribution in [0.15, 0.2) is 35.5 Å². The van der Waals surface area contributed by atoms with Gasteiger partial charge < -0.3 is 9.88 Å². The summed E-state index contributed by atoms with van der Waals surface area (Å²) < 4.78 is 24.6. The van der Waals surface area contributed by atoms with Gasteiger partial charge in [-0.3, -0.25) is 0 Å². The number of aryl methyl sites for hydroxylation is 1. The normalized spacial score (nSPS) is 14.9. The fourth-order valence-corrected chi connectivity index (χ4v) is 2.76. The number of sulfonamides is 1. The first-order valence-corrected chi connectivity index (χ1v) is 8.06. The molecule has 0 saturated heterocycles. The largest absolute Gasteiger partial charge is 0.319 e. The molecule has 3 N–H and O–H groups in total. The van der Waals surface area contributed by atoms with Gasteiger partial charge in [0.1, 0.15) is 12.2 Å². The minimum Gasteiger partial charge on any atom is -0.319 e. The van der Waals surface area contributed by atoms with Crippen molar-refractivity contribution in [1.29, 1.82) is 0 Å². The van der Waals surface area contributed by atoms with Crippen LogP contribution in [0.3, 0.4) is 0 Å². The van der Waals surface area contributed by atoms with Crippen LogP contribution in [-0.4, -0.2) is 23.2 Å². The number of primary sulfonamides is 1. The van der Waals surface area contributed by atoms with E-state index in [9.17, 15) is 8.42 Å². The van der Waals surface area contributed by atoms with Crippen molar-refractivity contribution in [1.82, 2.24) is 20.1 Å². The van der Waals surface area contributed by atoms with Crippen LogP contribution in [0.1, 0.15) is 37.3 Å². The fraction of sp³-hybridized carbons (Fsp3) is 0.385. The molecule has 0 radical (unpaired) electrons. The summed E-state index contributed by atoms with van der Waals surface area (Å²) in [6.45, 7) is 3.93. The van der Waals surface area contributed by atoms with Gasteiger partial charge in [0.15, 0.2) is 0 Å². The number of benzene rings is 1. The highest BCUT2D eigenvalue weighted by atomic mass is 32.2. The lowest BCUT2D eigenvalue weighted by Crippen LogP contribution is -2.25. The zero-order valence-electron chi connectivity index (χ0n) is 12.2. The van der Waals surface area contributed by atoms with Crippen molar-refractivity contribution in [2.75, 3.05) is 0 Å². The zero-order chi connectivity index (χ0) is 15.6. The summed E-state index contributed by atoms with van der Waals surface area (Å²) >= 11 is 0. The molecule has 0 bridgehead atoms. The predicted octanol–water partition coefficient (Wildman–Crippen LogP) is 0.874. The SMILES string of the molecule is CC(NC(C)c1nncn1C)c1cccc(S(N)(=O)=O)c1. The van der Waals surface area contributed by atoms with E-state index in [2.05, 4.69) is 15.5 Å². The molecule has 2 rings (SSSR count). The molecular weight excluding hydrogens is 290 g/mol. The lowest BCUT2D eigenvalue weighted by atomic mass is 10.1. The minimum absolute atomic E-state index is 0.0226. The maximum absolute atomic E-state index is 11.4. The molecular formula is C13H19N5O2S. The van der Waals surface area contributed by atoms with Crippen molar-refractivity contribution in [3.05, 3.63) is 42.0 Å². The topological polar surface area (TPSA) is 103 Å². The summed E-state index contributed by atoms with van der Waals surface area (Å²) in [5, 5.41) is 16.4. The van der Waals surface area contributed by atoms with Crippen LogP contribution in [0.2, 0.25) is 0 Å². The van der Waals surface area contributed by atoms with Gasteiger partial charge in [-0.25, -0.2) is 13.6 Å². The van der Waals surface area contributed by atoms with Crippen LogP contribution in [0, 0.1) is 0 Å². The lowest BCUT2D eigenvalue weighted by Gasteiger charge is -2.20. The lowest BCUT2D eigenvalue weighted by molar-refractivity contribution is 0.465. The smallest absolute Gasteiger partial charge is 0.238 e. The maximum Gasteiger partial charge on any atom is 0.238 e. The first-order chi connectivity index (χ1) is 9.79. The van der Waals surface area contributed by atoms with Crippen LogP contribution in [-0.2, 0) is 17.1 Å². The Morgan fingerprint density at radius 3 is 2.57 bits per heavy atom. The van der Waals surface area contributed by atoms with Crippen LogP contribution in [0.5, 0.6) is 0 Å². The summed E-state index contributed by atoms with van der Waals surface area (Å²) in [6.07, 6.45) is 1.64. The molecule has 1 aromatic carbocycles. The Kier molecular flexibility index (Phi) is 4.40. The molecule has 114 valence electrons. The number of hydrogen-bond donors (Lipinski definition) is 2. The third kappa shape index (κ3) is 3.66. The number of nitrogens with one attached hydrogen (secondary N) is 1. The Hall–Kier alpha value is -1.77. The Bertz CT molecular complexity index is 726. The summed E-state index contributed by atoms with van der Waals surface area (Å²) in [5.74, 6) is 0.810. The third-order valence-electron chi connectivity index (χ3n) is 3.32. The van der Waals surface area contributed by atoms with Crippen LogP contribution < -0.4 is 10.5 Å². The molecule has 1 heterocycles. The molecule has 8 heteroatoms. The van der Waals surface area contributed by atoms with Crippen LogP contribution in [0.4, 0.5) is 0 Å². The Balaban J connectivity index is 2.17. The number of nitrogens with zero attached hydrogens (tertiary/aromatic N) is 3. The van der Waals surface area contributed by atoms with Crippen LogP contribution >= 0.6 is 0 Å². The number of hydrogen-bond acceptors (Lipinski definition) is 5. The van der Waals surface area contributed by atoms with Gasteiger partial charge in [-0.2, -0.15) is 0 Å². The molecule has 0 amide bonds. The van der Waals surface area contributed by atoms with Gasteiger partial charge >= 0.3 is 0 Å². The molecule has 2 unspecified atom stereocenters. The van der Waals surface area contributed by atoms with E-state index in [1.807, 2.05) is 31.5 Å². The fourth-order valence-electron chi connectivity index (χ4n) is 2.19. The average Bonchev–Trinajstić information content (AvgIpc) is 2.84. The van der Waals surface area contributed by atoms with Crippen LogP contribution in [0.25, 0.3) is 0 Å². The van der Waals surface area contributed by atoms with Crippen molar-refractivity contribution in [2.24, 2.45) is 12.2 Å². The molecule has 2 aromatic rings. The van der Waals surface area contributed by atoms with Gasteiger partial charge in [-0.1, -0.05) is 12.1 Å². The van der Waals surface area contributed by atoms with E-state index < -0.39 is 10.0 Å². The second-order valence-electron chi connectivity index (χ2n) is 5.03. The van der Waals surface area contributed by atoms with Gasteiger partial charge in [0.25, 0.3) is 0 Å². The first-order valence-electron chi connectivity index (χ1n) is 6.51. The molecule has 2 atom stereocenters. The van der Waals surface area contributed by atoms with E-state index in [4.69, 9.17) is 5.14 Å². The van der Waals surface area contributed by atoms with E-state index in [0.717, 1.165) is 11.4 Å². The Morgan fingerprint density at radius 2 is 2.00 bits per heavy atom. The summed E-state index contributed by atoms with van der Waals surface area (Å²) in [4.78, 5) is 0.111. The molecule has 0 aliphatic rings. The highest BCUT2D eigenvalue weighted by Crippen LogP contribution is 2.20. The highest BCUT2D eigenvalue weighted by molar-refractivity contribution is 7.89. The first kappa shape index (κ1) is 15.6. The molecule has 0 fully saturated rings. The molecule has 0 saturated carbocycles. The Morgan fingerprint density at radius 1 is 1.29 bits per heavy atom. The zero-order valence-corrected chi connectivity index (χ0v) is 13.0. The van der Waals surface area contributed by atoms with E-state index in [1.54, 1.807) is 18.5 Å². The average molecular weight is 309 g/mol. The second kappa shape index (κ2) is 5.92. The van der Waals surface area contributed by atoms with Gasteiger partial charge in [-0.15, -0.1) is 10.2 Å². The van der Waals surface area contributed by atoms with Gasteiger partial charge in [-0.05, 0) is 31.5 Å². The Labute approximate surface area is 124 Å². The molecule has 21 heavy (non-hydrogen) atoms. The second-order valence-corrected chi connectivity index (χ2v) is 6.59. The minimum atomic E-state index is -3.69. The summed E-state index contributed by atoms with van der Waals surface area (Å²) in [7, 11) is -1.82. The van der Waals surface area contributed by atoms with Crippen molar-refractivity contribution < 1.29 is 8.42 Å². The van der Waals surface area contributed by atoms with Gasteiger partial charge in [0.2, 0.25) is 10.0 Å². The van der Waals surface area contributed by atoms with Gasteiger partial charge in [0, 0.05) is 13.1 Å². The molecule has 0 spiro atoms. The van der Waals surface area contributed by atoms with E-state index in [1.165, 1.54) is 6.07 Å². The van der Waals surface area contributed by atoms with Crippen molar-refractivity contribution in [3.63, 3.8) is 0 Å². The maximum atomic E-state index is 11.4. The van der Waals surface area contributed by atoms with Crippen molar-refractivity contribution in [2.45, 2.75) is 30.8 Å². The monoisotopic (exact) mass is 309 g/mol. The molecule has 0 aliphatic heterocycles. The standard InChI is InChI=1S/C13H19N5O2S/c1-9(16-10(2)13-17-15-8-18(13)3)11-5-4-6-12(7-11)21(14,19)20/h4-10,16H,1-3H3,(H2,14,19,20).